The highest BCUT2D eigenvalue weighted by molar-refractivity contribution is 5.92. The topological polar surface area (TPSA) is 128 Å². The SMILES string of the molecule is COC(=O)CNC(=O)Nc1cc(O)c(O)c(O)c1. The van der Waals surface area contributed by atoms with E-state index in [1.807, 2.05) is 0 Å². The number of aromatic hydroxyl groups is 3. The Hall–Kier alpha value is -2.64. The third-order valence-corrected chi connectivity index (χ3v) is 1.95. The van der Waals surface area contributed by atoms with Gasteiger partial charge in [0.15, 0.2) is 17.2 Å². The van der Waals surface area contributed by atoms with E-state index >= 15 is 0 Å². The molecule has 1 aromatic carbocycles. The molecule has 98 valence electrons. The standard InChI is InChI=1S/C10H12N2O6/c1-18-8(15)4-11-10(17)12-5-2-6(13)9(16)7(14)3-5/h2-3,13-14,16H,4H2,1H3,(H2,11,12,17). The Kier molecular flexibility index (Phi) is 4.19. The van der Waals surface area contributed by atoms with Gasteiger partial charge < -0.3 is 30.7 Å². The van der Waals surface area contributed by atoms with E-state index in [4.69, 9.17) is 5.11 Å². The molecule has 2 amide bonds. The molecule has 0 unspecified atom stereocenters. The number of carbonyl (C=O) groups is 2. The van der Waals surface area contributed by atoms with Crippen LogP contribution in [0, 0.1) is 0 Å². The van der Waals surface area contributed by atoms with Crippen molar-refractivity contribution in [1.29, 1.82) is 0 Å². The van der Waals surface area contributed by atoms with E-state index in [2.05, 4.69) is 15.4 Å². The fourth-order valence-corrected chi connectivity index (χ4v) is 1.08. The second-order valence-electron chi connectivity index (χ2n) is 3.25. The van der Waals surface area contributed by atoms with E-state index in [0.29, 0.717) is 0 Å². The minimum absolute atomic E-state index is 0.0464. The highest BCUT2D eigenvalue weighted by Crippen LogP contribution is 2.37. The molecule has 0 radical (unpaired) electrons. The molecule has 0 aromatic heterocycles. The van der Waals surface area contributed by atoms with Crippen molar-refractivity contribution in [1.82, 2.24) is 5.32 Å². The number of methoxy groups -OCH3 is 1. The lowest BCUT2D eigenvalue weighted by Gasteiger charge is -2.08. The number of ether oxygens (including phenoxy) is 1. The molecule has 0 heterocycles. The molecule has 0 spiro atoms. The summed E-state index contributed by atoms with van der Waals surface area (Å²) in [4.78, 5) is 22.0. The molecule has 5 N–H and O–H groups in total. The summed E-state index contributed by atoms with van der Waals surface area (Å²) in [7, 11) is 1.18. The van der Waals surface area contributed by atoms with E-state index in [-0.39, 0.29) is 12.2 Å². The second kappa shape index (κ2) is 5.62. The molecule has 0 atom stereocenters. The number of hydrogen-bond donors (Lipinski definition) is 5. The molecule has 1 aromatic rings. The number of benzene rings is 1. The van der Waals surface area contributed by atoms with Gasteiger partial charge in [0, 0.05) is 12.1 Å². The summed E-state index contributed by atoms with van der Waals surface area (Å²) in [6, 6.07) is 1.34. The molecule has 0 saturated carbocycles. The monoisotopic (exact) mass is 256 g/mol. The van der Waals surface area contributed by atoms with Crippen LogP contribution in [0.15, 0.2) is 12.1 Å². The van der Waals surface area contributed by atoms with E-state index in [0.717, 1.165) is 12.1 Å². The number of amides is 2. The zero-order chi connectivity index (χ0) is 13.7. The number of nitrogens with one attached hydrogen (secondary N) is 2. The molecule has 8 heteroatoms. The van der Waals surface area contributed by atoms with Crippen LogP contribution in [0.5, 0.6) is 17.2 Å². The molecule has 0 saturated heterocycles. The summed E-state index contributed by atoms with van der Waals surface area (Å²) < 4.78 is 4.31. The van der Waals surface area contributed by atoms with Gasteiger partial charge >= 0.3 is 12.0 Å². The predicted molar refractivity (Wildman–Crippen MR) is 60.5 cm³/mol. The molecule has 0 aliphatic rings. The molecule has 0 bridgehead atoms. The summed E-state index contributed by atoms with van der Waals surface area (Å²) >= 11 is 0. The van der Waals surface area contributed by atoms with Crippen LogP contribution in [0.2, 0.25) is 0 Å². The zero-order valence-electron chi connectivity index (χ0n) is 9.43. The van der Waals surface area contributed by atoms with Gasteiger partial charge in [-0.2, -0.15) is 0 Å². The van der Waals surface area contributed by atoms with Gasteiger partial charge in [-0.3, -0.25) is 4.79 Å². The van der Waals surface area contributed by atoms with Crippen LogP contribution in [0.3, 0.4) is 0 Å². The summed E-state index contributed by atoms with van der Waals surface area (Å²) in [5, 5.41) is 31.9. The number of phenols is 3. The van der Waals surface area contributed by atoms with Gasteiger partial charge in [-0.25, -0.2) is 4.79 Å². The Morgan fingerprint density at radius 3 is 2.28 bits per heavy atom. The predicted octanol–water partition coefficient (Wildman–Crippen LogP) is 0.0979. The number of rotatable bonds is 3. The van der Waals surface area contributed by atoms with Crippen LogP contribution in [0.25, 0.3) is 0 Å². The Morgan fingerprint density at radius 2 is 1.78 bits per heavy atom. The number of urea groups is 1. The van der Waals surface area contributed by atoms with Crippen LogP contribution < -0.4 is 10.6 Å². The Morgan fingerprint density at radius 1 is 1.22 bits per heavy atom. The average molecular weight is 256 g/mol. The molecular weight excluding hydrogens is 244 g/mol. The molecule has 0 aliphatic heterocycles. The van der Waals surface area contributed by atoms with Gasteiger partial charge in [-0.05, 0) is 0 Å². The Balaban J connectivity index is 2.62. The van der Waals surface area contributed by atoms with E-state index in [1.54, 1.807) is 0 Å². The average Bonchev–Trinajstić information content (AvgIpc) is 2.32. The van der Waals surface area contributed by atoms with Crippen molar-refractivity contribution in [3.05, 3.63) is 12.1 Å². The van der Waals surface area contributed by atoms with Gasteiger partial charge in [0.1, 0.15) is 6.54 Å². The Labute approximate surface area is 102 Å². The van der Waals surface area contributed by atoms with Crippen LogP contribution in [-0.2, 0) is 9.53 Å². The lowest BCUT2D eigenvalue weighted by atomic mass is 10.2. The van der Waals surface area contributed by atoms with Crippen molar-refractivity contribution in [2.24, 2.45) is 0 Å². The van der Waals surface area contributed by atoms with E-state index in [9.17, 15) is 19.8 Å². The number of anilines is 1. The molecule has 0 fully saturated rings. The maximum Gasteiger partial charge on any atom is 0.325 e. The van der Waals surface area contributed by atoms with Crippen molar-refractivity contribution in [2.75, 3.05) is 19.0 Å². The number of phenolic OH excluding ortho intramolecular Hbond substituents is 3. The smallest absolute Gasteiger partial charge is 0.325 e. The fourth-order valence-electron chi connectivity index (χ4n) is 1.08. The van der Waals surface area contributed by atoms with E-state index in [1.165, 1.54) is 7.11 Å². The first kappa shape index (κ1) is 13.4. The maximum atomic E-state index is 11.3. The third kappa shape index (κ3) is 3.44. The van der Waals surface area contributed by atoms with Crippen LogP contribution in [0.4, 0.5) is 10.5 Å². The second-order valence-corrected chi connectivity index (χ2v) is 3.25. The fraction of sp³-hybridized carbons (Fsp3) is 0.200. The van der Waals surface area contributed by atoms with Crippen molar-refractivity contribution >= 4 is 17.7 Å². The first-order valence-corrected chi connectivity index (χ1v) is 4.80. The lowest BCUT2D eigenvalue weighted by Crippen LogP contribution is -2.33. The van der Waals surface area contributed by atoms with Gasteiger partial charge in [0.25, 0.3) is 0 Å². The van der Waals surface area contributed by atoms with Crippen molar-refractivity contribution in [3.63, 3.8) is 0 Å². The first-order valence-electron chi connectivity index (χ1n) is 4.80. The lowest BCUT2D eigenvalue weighted by molar-refractivity contribution is -0.139. The van der Waals surface area contributed by atoms with Gasteiger partial charge in [0.05, 0.1) is 12.8 Å². The highest BCUT2D eigenvalue weighted by atomic mass is 16.5. The van der Waals surface area contributed by atoms with Crippen LogP contribution in [-0.4, -0.2) is 41.0 Å². The van der Waals surface area contributed by atoms with E-state index < -0.39 is 29.2 Å². The minimum Gasteiger partial charge on any atom is -0.504 e. The van der Waals surface area contributed by atoms with Gasteiger partial charge in [-0.15, -0.1) is 0 Å². The van der Waals surface area contributed by atoms with Crippen molar-refractivity contribution in [2.45, 2.75) is 0 Å². The minimum atomic E-state index is -0.732. The normalized spacial score (nSPS) is 9.61. The summed E-state index contributed by atoms with van der Waals surface area (Å²) in [5.41, 5.74) is 0.0464. The van der Waals surface area contributed by atoms with Gasteiger partial charge in [0.2, 0.25) is 0 Å². The largest absolute Gasteiger partial charge is 0.504 e. The van der Waals surface area contributed by atoms with Crippen molar-refractivity contribution in [3.8, 4) is 17.2 Å². The number of hydrogen-bond acceptors (Lipinski definition) is 6. The molecule has 18 heavy (non-hydrogen) atoms. The summed E-state index contributed by atoms with van der Waals surface area (Å²) in [5.74, 6) is -2.48. The molecule has 8 nitrogen and oxygen atoms in total. The molecule has 0 aliphatic carbocycles. The Bertz CT molecular complexity index is 450. The molecular formula is C10H12N2O6. The van der Waals surface area contributed by atoms with Crippen LogP contribution >= 0.6 is 0 Å². The highest BCUT2D eigenvalue weighted by Gasteiger charge is 2.10. The first-order chi connectivity index (χ1) is 8.43. The van der Waals surface area contributed by atoms with Crippen LogP contribution in [0.1, 0.15) is 0 Å². The zero-order valence-corrected chi connectivity index (χ0v) is 9.43. The number of esters is 1. The van der Waals surface area contributed by atoms with Crippen molar-refractivity contribution < 1.29 is 29.6 Å². The number of carbonyl (C=O) groups excluding carboxylic acids is 2. The third-order valence-electron chi connectivity index (χ3n) is 1.95. The maximum absolute atomic E-state index is 11.3. The quantitative estimate of drug-likeness (QED) is 0.296. The molecule has 1 rings (SSSR count). The van der Waals surface area contributed by atoms with Gasteiger partial charge in [-0.1, -0.05) is 0 Å². The summed E-state index contributed by atoms with van der Waals surface area (Å²) in [6.45, 7) is -0.321. The summed E-state index contributed by atoms with van der Waals surface area (Å²) in [6.07, 6.45) is 0.